The van der Waals surface area contributed by atoms with E-state index in [1.54, 1.807) is 19.1 Å². The molecule has 5 nitrogen and oxygen atoms in total. The van der Waals surface area contributed by atoms with Gasteiger partial charge in [-0.2, -0.15) is 4.31 Å². The average molecular weight is 324 g/mol. The van der Waals surface area contributed by atoms with Crippen molar-refractivity contribution >= 4 is 31.5 Å². The van der Waals surface area contributed by atoms with E-state index in [0.29, 0.717) is 5.56 Å². The molecule has 0 aliphatic carbocycles. The van der Waals surface area contributed by atoms with Crippen molar-refractivity contribution in [1.82, 2.24) is 4.31 Å². The summed E-state index contributed by atoms with van der Waals surface area (Å²) >= 11 is 5.94. The predicted molar refractivity (Wildman–Crippen MR) is 73.6 cm³/mol. The molecule has 1 fully saturated rings. The van der Waals surface area contributed by atoms with Gasteiger partial charge in [0.15, 0.2) is 9.84 Å². The van der Waals surface area contributed by atoms with Crippen LogP contribution in [0.2, 0.25) is 5.02 Å². The van der Waals surface area contributed by atoms with Crippen molar-refractivity contribution in [2.45, 2.75) is 17.1 Å². The summed E-state index contributed by atoms with van der Waals surface area (Å²) < 4.78 is 48.5. The van der Waals surface area contributed by atoms with E-state index in [2.05, 4.69) is 0 Å². The molecule has 0 bridgehead atoms. The van der Waals surface area contributed by atoms with E-state index in [-0.39, 0.29) is 23.0 Å². The van der Waals surface area contributed by atoms with Gasteiger partial charge in [-0.1, -0.05) is 23.7 Å². The van der Waals surface area contributed by atoms with E-state index in [9.17, 15) is 16.8 Å². The molecule has 8 heteroatoms. The first kappa shape index (κ1) is 14.8. The smallest absolute Gasteiger partial charge is 0.229 e. The molecule has 1 aromatic rings. The number of rotatable bonds is 3. The number of halogens is 1. The fourth-order valence-electron chi connectivity index (χ4n) is 1.94. The zero-order chi connectivity index (χ0) is 14.4. The van der Waals surface area contributed by atoms with Crippen molar-refractivity contribution in [3.05, 3.63) is 28.8 Å². The summed E-state index contributed by atoms with van der Waals surface area (Å²) in [7, 11) is -6.92. The molecule has 1 aliphatic rings. The minimum Gasteiger partial charge on any atom is -0.229 e. The van der Waals surface area contributed by atoms with Gasteiger partial charge in [0.05, 0.1) is 10.3 Å². The summed E-state index contributed by atoms with van der Waals surface area (Å²) in [5.41, 5.74) is 0.551. The third-order valence-electron chi connectivity index (χ3n) is 3.18. The Morgan fingerprint density at radius 3 is 2.26 bits per heavy atom. The molecule has 19 heavy (non-hydrogen) atoms. The van der Waals surface area contributed by atoms with Crippen LogP contribution in [0.15, 0.2) is 23.1 Å². The number of aryl methyl sites for hydroxylation is 1. The highest BCUT2D eigenvalue weighted by atomic mass is 35.5. The highest BCUT2D eigenvalue weighted by molar-refractivity contribution is 7.92. The van der Waals surface area contributed by atoms with Crippen LogP contribution < -0.4 is 0 Å². The Morgan fingerprint density at radius 2 is 1.79 bits per heavy atom. The second-order valence-electron chi connectivity index (χ2n) is 4.66. The molecular formula is C11H14ClNO4S2. The van der Waals surface area contributed by atoms with Gasteiger partial charge in [0.1, 0.15) is 4.90 Å². The van der Waals surface area contributed by atoms with Crippen LogP contribution in [0.4, 0.5) is 0 Å². The van der Waals surface area contributed by atoms with Gasteiger partial charge in [-0.25, -0.2) is 16.8 Å². The van der Waals surface area contributed by atoms with E-state index < -0.39 is 25.1 Å². The molecule has 106 valence electrons. The molecule has 0 atom stereocenters. The monoisotopic (exact) mass is 323 g/mol. The molecule has 1 aromatic carbocycles. The maximum atomic E-state index is 12.4. The minimum absolute atomic E-state index is 0.00811. The summed E-state index contributed by atoms with van der Waals surface area (Å²) in [5.74, 6) is 0. The predicted octanol–water partition coefficient (Wildman–Crippen LogP) is 1.07. The molecule has 2 rings (SSSR count). The Bertz CT molecular complexity index is 686. The van der Waals surface area contributed by atoms with Gasteiger partial charge < -0.3 is 0 Å². The van der Waals surface area contributed by atoms with Crippen LogP contribution in [0, 0.1) is 6.92 Å². The van der Waals surface area contributed by atoms with Crippen LogP contribution in [0.25, 0.3) is 0 Å². The van der Waals surface area contributed by atoms with Gasteiger partial charge in [0.2, 0.25) is 10.0 Å². The molecule has 0 saturated carbocycles. The normalized spacial score (nSPS) is 18.3. The minimum atomic E-state index is -3.72. The summed E-state index contributed by atoms with van der Waals surface area (Å²) in [6.45, 7) is 1.64. The lowest BCUT2D eigenvalue weighted by atomic mass is 10.2. The first-order chi connectivity index (χ1) is 8.64. The highest BCUT2D eigenvalue weighted by Gasteiger charge is 2.42. The number of sulfonamides is 1. The van der Waals surface area contributed by atoms with Crippen molar-refractivity contribution in [1.29, 1.82) is 0 Å². The second-order valence-corrected chi connectivity index (χ2v) is 9.27. The zero-order valence-electron chi connectivity index (χ0n) is 10.5. The van der Waals surface area contributed by atoms with Crippen LogP contribution in [0.3, 0.4) is 0 Å². The Morgan fingerprint density at radius 1 is 1.21 bits per heavy atom. The Labute approximate surface area is 118 Å². The Balaban J connectivity index is 2.32. The van der Waals surface area contributed by atoms with Crippen LogP contribution in [-0.2, 0) is 19.9 Å². The van der Waals surface area contributed by atoms with Gasteiger partial charge in [-0.15, -0.1) is 0 Å². The number of sulfone groups is 1. The molecule has 1 saturated heterocycles. The Hall–Kier alpha value is -0.630. The lowest BCUT2D eigenvalue weighted by molar-refractivity contribution is 0.310. The molecule has 0 unspecified atom stereocenters. The van der Waals surface area contributed by atoms with Crippen LogP contribution in [-0.4, -0.2) is 45.7 Å². The van der Waals surface area contributed by atoms with E-state index >= 15 is 0 Å². The van der Waals surface area contributed by atoms with Gasteiger partial charge in [-0.05, 0) is 18.6 Å². The Kier molecular flexibility index (Phi) is 3.68. The molecule has 1 heterocycles. The summed E-state index contributed by atoms with van der Waals surface area (Å²) in [6, 6.07) is 4.84. The maximum Gasteiger partial charge on any atom is 0.244 e. The standard InChI is InChI=1S/C11H14ClNO4S2/c1-8-4-3-5-10(12)11(8)19(16,17)13-6-9(7-13)18(2,14)15/h3-5,9H,6-7H2,1-2H3. The van der Waals surface area contributed by atoms with E-state index in [0.717, 1.165) is 10.6 Å². The molecule has 0 amide bonds. The van der Waals surface area contributed by atoms with Crippen LogP contribution in [0.5, 0.6) is 0 Å². The highest BCUT2D eigenvalue weighted by Crippen LogP contribution is 2.31. The van der Waals surface area contributed by atoms with Crippen molar-refractivity contribution in [3.63, 3.8) is 0 Å². The number of nitrogens with zero attached hydrogens (tertiary/aromatic N) is 1. The van der Waals surface area contributed by atoms with Gasteiger partial charge in [-0.3, -0.25) is 0 Å². The summed E-state index contributed by atoms with van der Waals surface area (Å²) in [5, 5.41) is -0.465. The van der Waals surface area contributed by atoms with Crippen LogP contribution >= 0.6 is 11.6 Å². The van der Waals surface area contributed by atoms with Crippen molar-refractivity contribution in [2.24, 2.45) is 0 Å². The number of hydrogen-bond donors (Lipinski definition) is 0. The van der Waals surface area contributed by atoms with Gasteiger partial charge >= 0.3 is 0 Å². The fourth-order valence-corrected chi connectivity index (χ4v) is 5.34. The first-order valence-corrected chi connectivity index (χ1v) is 9.35. The van der Waals surface area contributed by atoms with E-state index in [1.807, 2.05) is 0 Å². The summed E-state index contributed by atoms with van der Waals surface area (Å²) in [6.07, 6.45) is 1.11. The van der Waals surface area contributed by atoms with Crippen molar-refractivity contribution in [3.8, 4) is 0 Å². The molecule has 0 aromatic heterocycles. The number of hydrogen-bond acceptors (Lipinski definition) is 4. The van der Waals surface area contributed by atoms with Crippen LogP contribution in [0.1, 0.15) is 5.56 Å². The van der Waals surface area contributed by atoms with E-state index in [1.165, 1.54) is 6.07 Å². The molecule has 0 spiro atoms. The van der Waals surface area contributed by atoms with Crippen molar-refractivity contribution < 1.29 is 16.8 Å². The third kappa shape index (κ3) is 2.65. The maximum absolute atomic E-state index is 12.4. The third-order valence-corrected chi connectivity index (χ3v) is 7.15. The average Bonchev–Trinajstić information content (AvgIpc) is 2.10. The lowest BCUT2D eigenvalue weighted by Crippen LogP contribution is -2.56. The molecule has 1 aliphatic heterocycles. The number of benzene rings is 1. The topological polar surface area (TPSA) is 71.5 Å². The van der Waals surface area contributed by atoms with Crippen molar-refractivity contribution in [2.75, 3.05) is 19.3 Å². The molecule has 0 radical (unpaired) electrons. The second kappa shape index (κ2) is 4.73. The zero-order valence-corrected chi connectivity index (χ0v) is 12.9. The molecular weight excluding hydrogens is 310 g/mol. The summed E-state index contributed by atoms with van der Waals surface area (Å²) in [4.78, 5) is 0.0589. The largest absolute Gasteiger partial charge is 0.244 e. The first-order valence-electron chi connectivity index (χ1n) is 5.58. The molecule has 0 N–H and O–H groups in total. The quantitative estimate of drug-likeness (QED) is 0.834. The lowest BCUT2D eigenvalue weighted by Gasteiger charge is -2.37. The van der Waals surface area contributed by atoms with E-state index in [4.69, 9.17) is 11.6 Å². The van der Waals surface area contributed by atoms with Gasteiger partial charge in [0, 0.05) is 19.3 Å². The fraction of sp³-hybridized carbons (Fsp3) is 0.455. The SMILES string of the molecule is Cc1cccc(Cl)c1S(=O)(=O)N1CC(S(C)(=O)=O)C1. The van der Waals surface area contributed by atoms with Gasteiger partial charge in [0.25, 0.3) is 0 Å².